The van der Waals surface area contributed by atoms with Gasteiger partial charge in [-0.1, -0.05) is 18.7 Å². The van der Waals surface area contributed by atoms with Crippen molar-refractivity contribution in [2.45, 2.75) is 19.0 Å². The molecule has 11 heteroatoms. The average Bonchev–Trinajstić information content (AvgIpc) is 3.40. The van der Waals surface area contributed by atoms with E-state index in [0.717, 1.165) is 0 Å². The molecule has 176 valence electrons. The molecule has 0 radical (unpaired) electrons. The molecule has 3 heterocycles. The number of nitrogens with two attached hydrogens (primary N) is 1. The van der Waals surface area contributed by atoms with E-state index in [9.17, 15) is 23.6 Å². The molecule has 0 aliphatic carbocycles. The highest BCUT2D eigenvalue weighted by Gasteiger charge is 2.53. The second-order valence-corrected chi connectivity index (χ2v) is 7.92. The number of fused-ring (bicyclic) bond motifs is 1. The van der Waals surface area contributed by atoms with Crippen LogP contribution in [0.1, 0.15) is 33.0 Å². The number of halogens is 1. The molecular formula is C23H21FN4O6. The molecule has 1 saturated heterocycles. The van der Waals surface area contributed by atoms with Crippen molar-refractivity contribution >= 4 is 29.8 Å². The van der Waals surface area contributed by atoms with Crippen molar-refractivity contribution in [1.82, 2.24) is 15.5 Å². The van der Waals surface area contributed by atoms with Gasteiger partial charge in [0.05, 0.1) is 19.2 Å². The molecule has 0 spiro atoms. The Bertz CT molecular complexity index is 1300. The minimum Gasteiger partial charge on any atom is -0.494 e. The number of carbonyl (C=O) groups excluding carboxylic acids is 4. The Labute approximate surface area is 193 Å². The largest absolute Gasteiger partial charge is 0.494 e. The van der Waals surface area contributed by atoms with Gasteiger partial charge in [-0.15, -0.1) is 0 Å². The van der Waals surface area contributed by atoms with E-state index in [2.05, 4.69) is 17.2 Å². The number of primary amides is 1. The summed E-state index contributed by atoms with van der Waals surface area (Å²) in [5.41, 5.74) is 4.40. The van der Waals surface area contributed by atoms with E-state index >= 15 is 0 Å². The Morgan fingerprint density at radius 2 is 2.12 bits per heavy atom. The van der Waals surface area contributed by atoms with Crippen LogP contribution in [0.3, 0.4) is 0 Å². The Morgan fingerprint density at radius 3 is 2.71 bits per heavy atom. The number of benzene rings is 1. The molecule has 34 heavy (non-hydrogen) atoms. The van der Waals surface area contributed by atoms with Crippen LogP contribution >= 0.6 is 0 Å². The third-order valence-electron chi connectivity index (χ3n) is 5.81. The van der Waals surface area contributed by atoms with Crippen molar-refractivity contribution in [1.29, 1.82) is 0 Å². The van der Waals surface area contributed by atoms with Gasteiger partial charge < -0.3 is 25.1 Å². The minimum atomic E-state index is -1.78. The quantitative estimate of drug-likeness (QED) is 0.319. The van der Waals surface area contributed by atoms with Gasteiger partial charge in [0.25, 0.3) is 11.8 Å². The van der Waals surface area contributed by atoms with E-state index in [1.54, 1.807) is 13.0 Å². The summed E-state index contributed by atoms with van der Waals surface area (Å²) in [6.07, 6.45) is 2.61. The van der Waals surface area contributed by atoms with Crippen LogP contribution in [0, 0.1) is 12.7 Å². The fourth-order valence-electron chi connectivity index (χ4n) is 4.04. The molecule has 5 amide bonds. The van der Waals surface area contributed by atoms with Crippen molar-refractivity contribution in [3.63, 3.8) is 0 Å². The first-order valence-corrected chi connectivity index (χ1v) is 10.1. The van der Waals surface area contributed by atoms with E-state index in [0.29, 0.717) is 11.1 Å². The number of nitrogens with one attached hydrogen (secondary N) is 2. The van der Waals surface area contributed by atoms with Crippen LogP contribution in [0.2, 0.25) is 0 Å². The first kappa shape index (κ1) is 22.8. The van der Waals surface area contributed by atoms with Gasteiger partial charge in [0, 0.05) is 12.1 Å². The summed E-state index contributed by atoms with van der Waals surface area (Å²) in [6.45, 7) is 4.87. The predicted octanol–water partition coefficient (Wildman–Crippen LogP) is 1.48. The van der Waals surface area contributed by atoms with Gasteiger partial charge >= 0.3 is 6.03 Å². The van der Waals surface area contributed by atoms with E-state index in [4.69, 9.17) is 14.9 Å². The number of amides is 5. The zero-order valence-electron chi connectivity index (χ0n) is 18.4. The number of carbonyl (C=O) groups is 4. The highest BCUT2D eigenvalue weighted by atomic mass is 19.1. The van der Waals surface area contributed by atoms with Crippen molar-refractivity contribution in [2.24, 2.45) is 5.73 Å². The number of hydrogen-bond acceptors (Lipinski definition) is 6. The topological polar surface area (TPSA) is 144 Å². The molecule has 1 aromatic heterocycles. The first-order valence-electron chi connectivity index (χ1n) is 10.1. The Kier molecular flexibility index (Phi) is 5.48. The van der Waals surface area contributed by atoms with Crippen LogP contribution in [0.5, 0.6) is 5.75 Å². The Morgan fingerprint density at radius 1 is 1.38 bits per heavy atom. The summed E-state index contributed by atoms with van der Waals surface area (Å²) in [5, 5.41) is 4.70. The third-order valence-corrected chi connectivity index (χ3v) is 5.81. The maximum absolute atomic E-state index is 14.8. The fraction of sp³-hybridized carbons (Fsp3) is 0.217. The summed E-state index contributed by atoms with van der Waals surface area (Å²) in [5.74, 6) is -2.79. The van der Waals surface area contributed by atoms with Crippen molar-refractivity contribution < 1.29 is 32.7 Å². The predicted molar refractivity (Wildman–Crippen MR) is 117 cm³/mol. The number of furan rings is 1. The van der Waals surface area contributed by atoms with E-state index in [1.165, 1.54) is 36.3 Å². The van der Waals surface area contributed by atoms with Crippen molar-refractivity contribution in [3.8, 4) is 5.75 Å². The molecule has 0 saturated carbocycles. The van der Waals surface area contributed by atoms with Gasteiger partial charge in [-0.25, -0.2) is 9.18 Å². The normalized spacial score (nSPS) is 19.7. The van der Waals surface area contributed by atoms with Crippen LogP contribution in [0.4, 0.5) is 9.18 Å². The Hall–Kier alpha value is -4.41. The van der Waals surface area contributed by atoms with Crippen LogP contribution in [-0.4, -0.2) is 42.3 Å². The van der Waals surface area contributed by atoms with Gasteiger partial charge in [-0.05, 0) is 36.3 Å². The van der Waals surface area contributed by atoms with Gasteiger partial charge in [0.1, 0.15) is 11.5 Å². The van der Waals surface area contributed by atoms with Crippen LogP contribution in [-0.2, 0) is 21.7 Å². The molecule has 0 unspecified atom stereocenters. The molecule has 10 nitrogen and oxygen atoms in total. The zero-order valence-corrected chi connectivity index (χ0v) is 18.4. The highest BCUT2D eigenvalue weighted by Crippen LogP contribution is 2.36. The van der Waals surface area contributed by atoms with Gasteiger partial charge in [0.15, 0.2) is 17.1 Å². The number of ether oxygens (including phenoxy) is 1. The van der Waals surface area contributed by atoms with Crippen molar-refractivity contribution in [2.75, 3.05) is 13.7 Å². The number of methoxy groups -OCH3 is 1. The highest BCUT2D eigenvalue weighted by molar-refractivity contribution is 6.08. The second kappa shape index (κ2) is 8.18. The molecule has 2 aliphatic rings. The van der Waals surface area contributed by atoms with Crippen LogP contribution < -0.4 is 21.1 Å². The summed E-state index contributed by atoms with van der Waals surface area (Å²) in [6, 6.07) is 3.71. The summed E-state index contributed by atoms with van der Waals surface area (Å²) in [7, 11) is 1.29. The number of rotatable bonds is 7. The third kappa shape index (κ3) is 3.51. The Balaban J connectivity index is 1.74. The lowest BCUT2D eigenvalue weighted by Gasteiger charge is -2.29. The molecule has 0 bridgehead atoms. The van der Waals surface area contributed by atoms with E-state index in [1.807, 2.05) is 0 Å². The molecule has 4 rings (SSSR count). The smallest absolute Gasteiger partial charge is 0.322 e. The number of aryl methyl sites for hydroxylation is 1. The maximum atomic E-state index is 14.8. The summed E-state index contributed by atoms with van der Waals surface area (Å²) >= 11 is 0. The molecule has 1 aromatic carbocycles. The summed E-state index contributed by atoms with van der Waals surface area (Å²) < 4.78 is 25.6. The number of hydrogen-bond donors (Lipinski definition) is 3. The average molecular weight is 468 g/mol. The molecule has 1 fully saturated rings. The number of nitrogens with zero attached hydrogens (tertiary/aromatic N) is 1. The second-order valence-electron chi connectivity index (χ2n) is 7.92. The lowest BCUT2D eigenvalue weighted by atomic mass is 9.95. The number of urea groups is 1. The SMILES string of the molecule is C=C/C(=C\c1oc([C@]2(CN3Cc4ccc(OC)c(F)c4C3=O)NC(=O)NC2=O)cc1C)C(N)=O. The molecule has 1 atom stereocenters. The lowest BCUT2D eigenvalue weighted by Crippen LogP contribution is -2.52. The monoisotopic (exact) mass is 468 g/mol. The molecule has 2 aliphatic heterocycles. The minimum absolute atomic E-state index is 0.00865. The zero-order chi connectivity index (χ0) is 24.8. The van der Waals surface area contributed by atoms with Crippen LogP contribution in [0.25, 0.3) is 6.08 Å². The summed E-state index contributed by atoms with van der Waals surface area (Å²) in [4.78, 5) is 50.9. The first-order chi connectivity index (χ1) is 16.1. The van der Waals surface area contributed by atoms with Gasteiger partial charge in [-0.3, -0.25) is 19.7 Å². The lowest BCUT2D eigenvalue weighted by molar-refractivity contribution is -0.125. The standard InChI is InChI=1S/C23H21FN4O6/c1-4-12(19(25)29)8-15-11(2)7-16(34-15)23(21(31)26-22(32)27-23)10-28-9-13-5-6-14(33-3)18(24)17(13)20(28)30/h4-8H,1,9-10H2,2-3H3,(H2,25,29)(H2,26,27,31,32)/b12-8+/t23-/m0/s1. The van der Waals surface area contributed by atoms with Gasteiger partial charge in [-0.2, -0.15) is 0 Å². The van der Waals surface area contributed by atoms with Gasteiger partial charge in [0.2, 0.25) is 5.91 Å². The molecule has 2 aromatic rings. The molecular weight excluding hydrogens is 447 g/mol. The van der Waals surface area contributed by atoms with Crippen LogP contribution in [0.15, 0.2) is 40.8 Å². The van der Waals surface area contributed by atoms with E-state index < -0.39 is 35.1 Å². The van der Waals surface area contributed by atoms with E-state index in [-0.39, 0.29) is 41.5 Å². The molecule has 4 N–H and O–H groups in total. The fourth-order valence-corrected chi connectivity index (χ4v) is 4.04. The van der Waals surface area contributed by atoms with Crippen molar-refractivity contribution in [3.05, 3.63) is 70.5 Å². The maximum Gasteiger partial charge on any atom is 0.322 e. The number of imide groups is 1.